The van der Waals surface area contributed by atoms with Crippen LogP contribution in [0.2, 0.25) is 5.02 Å². The number of ketones is 1. The molecule has 0 radical (unpaired) electrons. The number of thioether (sulfide) groups is 1. The van der Waals surface area contributed by atoms with Gasteiger partial charge in [0.25, 0.3) is 5.78 Å². The number of carbonyl (C=O) groups is 2. The normalized spacial score (nSPS) is 16.7. The van der Waals surface area contributed by atoms with Crippen LogP contribution >= 0.6 is 34.7 Å². The lowest BCUT2D eigenvalue weighted by molar-refractivity contribution is -0.132. The van der Waals surface area contributed by atoms with Gasteiger partial charge in [-0.1, -0.05) is 59.0 Å². The minimum Gasteiger partial charge on any atom is -0.507 e. The van der Waals surface area contributed by atoms with Crippen molar-refractivity contribution in [2.24, 2.45) is 0 Å². The first kappa shape index (κ1) is 25.9. The van der Waals surface area contributed by atoms with E-state index in [9.17, 15) is 19.1 Å². The van der Waals surface area contributed by atoms with E-state index in [2.05, 4.69) is 10.2 Å². The van der Waals surface area contributed by atoms with Crippen LogP contribution in [0, 0.1) is 5.82 Å². The van der Waals surface area contributed by atoms with Crippen molar-refractivity contribution >= 4 is 57.3 Å². The van der Waals surface area contributed by atoms with Crippen LogP contribution < -0.4 is 9.64 Å². The van der Waals surface area contributed by atoms with Crippen molar-refractivity contribution < 1.29 is 23.8 Å². The Labute approximate surface area is 230 Å². The van der Waals surface area contributed by atoms with Crippen LogP contribution in [0.25, 0.3) is 5.76 Å². The van der Waals surface area contributed by atoms with Crippen LogP contribution in [-0.2, 0) is 15.3 Å². The van der Waals surface area contributed by atoms with E-state index in [1.165, 1.54) is 35.9 Å². The summed E-state index contributed by atoms with van der Waals surface area (Å²) < 4.78 is 18.9. The van der Waals surface area contributed by atoms with Gasteiger partial charge in [-0.15, -0.1) is 10.2 Å². The molecule has 0 saturated carbocycles. The first-order valence-corrected chi connectivity index (χ1v) is 13.5. The lowest BCUT2D eigenvalue weighted by atomic mass is 9.95. The SMILES string of the molecule is COc1ccc(C(O)=C2C(=O)C(=O)N(c3nnc(SCc4ccc(F)cc4)s3)[C@@H]2c2ccc(Cl)cc2)cc1. The molecule has 0 aliphatic carbocycles. The van der Waals surface area contributed by atoms with Crippen LogP contribution in [0.3, 0.4) is 0 Å². The van der Waals surface area contributed by atoms with Crippen LogP contribution in [0.4, 0.5) is 9.52 Å². The quantitative estimate of drug-likeness (QED) is 0.0926. The van der Waals surface area contributed by atoms with Gasteiger partial charge in [0.15, 0.2) is 4.34 Å². The van der Waals surface area contributed by atoms with Crippen molar-refractivity contribution in [2.75, 3.05) is 12.0 Å². The Morgan fingerprint density at radius 1 is 1.05 bits per heavy atom. The third kappa shape index (κ3) is 5.15. The van der Waals surface area contributed by atoms with Crippen molar-refractivity contribution in [3.63, 3.8) is 0 Å². The minimum atomic E-state index is -0.947. The number of aliphatic hydroxyl groups is 1. The van der Waals surface area contributed by atoms with Gasteiger partial charge < -0.3 is 9.84 Å². The molecular weight excluding hydrogens is 549 g/mol. The van der Waals surface area contributed by atoms with Crippen molar-refractivity contribution in [3.8, 4) is 5.75 Å². The third-order valence-electron chi connectivity index (χ3n) is 5.87. The Balaban J connectivity index is 1.52. The molecule has 4 aromatic rings. The second kappa shape index (κ2) is 10.9. The molecule has 1 aliphatic heterocycles. The van der Waals surface area contributed by atoms with Gasteiger partial charge >= 0.3 is 5.91 Å². The van der Waals surface area contributed by atoms with Gasteiger partial charge in [-0.3, -0.25) is 14.5 Å². The van der Waals surface area contributed by atoms with Gasteiger partial charge in [0.1, 0.15) is 17.3 Å². The number of Topliss-reactive ketones (excluding diaryl/α,β-unsaturated/α-hetero) is 1. The van der Waals surface area contributed by atoms with Gasteiger partial charge in [0.05, 0.1) is 18.7 Å². The average molecular weight is 568 g/mol. The maximum atomic E-state index is 13.3. The molecule has 1 aliphatic rings. The Kier molecular flexibility index (Phi) is 7.46. The number of hydrogen-bond donors (Lipinski definition) is 1. The number of ether oxygens (including phenoxy) is 1. The highest BCUT2D eigenvalue weighted by Crippen LogP contribution is 2.44. The van der Waals surface area contributed by atoms with Gasteiger partial charge in [0, 0.05) is 16.3 Å². The fourth-order valence-corrected chi connectivity index (χ4v) is 5.93. The molecule has 38 heavy (non-hydrogen) atoms. The van der Waals surface area contributed by atoms with E-state index in [0.29, 0.717) is 32.0 Å². The zero-order valence-corrected chi connectivity index (χ0v) is 22.2. The fraction of sp³-hybridized carbons (Fsp3) is 0.111. The number of rotatable bonds is 7. The summed E-state index contributed by atoms with van der Waals surface area (Å²) in [7, 11) is 1.52. The Morgan fingerprint density at radius 2 is 1.74 bits per heavy atom. The van der Waals surface area contributed by atoms with Crippen LogP contribution in [0.15, 0.2) is 82.7 Å². The fourth-order valence-electron chi connectivity index (χ4n) is 3.98. The van der Waals surface area contributed by atoms with Crippen molar-refractivity contribution in [1.82, 2.24) is 10.2 Å². The minimum absolute atomic E-state index is 0.0711. The number of methoxy groups -OCH3 is 1. The summed E-state index contributed by atoms with van der Waals surface area (Å²) >= 11 is 8.61. The maximum Gasteiger partial charge on any atom is 0.301 e. The molecule has 1 N–H and O–H groups in total. The smallest absolute Gasteiger partial charge is 0.301 e. The molecule has 1 amide bonds. The summed E-state index contributed by atoms with van der Waals surface area (Å²) in [4.78, 5) is 27.8. The summed E-state index contributed by atoms with van der Waals surface area (Å²) in [6.07, 6.45) is 0. The molecule has 0 unspecified atom stereocenters. The maximum absolute atomic E-state index is 13.3. The molecule has 0 bridgehead atoms. The van der Waals surface area contributed by atoms with E-state index in [1.54, 1.807) is 60.7 Å². The molecule has 1 aromatic heterocycles. The topological polar surface area (TPSA) is 92.6 Å². The van der Waals surface area contributed by atoms with Crippen molar-refractivity contribution in [2.45, 2.75) is 16.1 Å². The number of benzene rings is 3. The van der Waals surface area contributed by atoms with E-state index >= 15 is 0 Å². The van der Waals surface area contributed by atoms with Gasteiger partial charge in [-0.2, -0.15) is 0 Å². The molecule has 3 aromatic carbocycles. The summed E-state index contributed by atoms with van der Waals surface area (Å²) in [6.45, 7) is 0. The van der Waals surface area contributed by atoms with E-state index in [4.69, 9.17) is 16.3 Å². The third-order valence-corrected chi connectivity index (χ3v) is 8.25. The molecule has 1 atom stereocenters. The lowest BCUT2D eigenvalue weighted by Gasteiger charge is -2.22. The summed E-state index contributed by atoms with van der Waals surface area (Å²) in [6, 6.07) is 18.4. The monoisotopic (exact) mass is 567 g/mol. The van der Waals surface area contributed by atoms with Crippen molar-refractivity contribution in [1.29, 1.82) is 0 Å². The van der Waals surface area contributed by atoms with Gasteiger partial charge in [-0.25, -0.2) is 4.39 Å². The second-order valence-corrected chi connectivity index (χ2v) is 10.8. The number of aliphatic hydroxyl groups excluding tert-OH is 1. The highest BCUT2D eigenvalue weighted by molar-refractivity contribution is 8.00. The summed E-state index contributed by atoms with van der Waals surface area (Å²) in [5.74, 6) is -1.20. The number of anilines is 1. The Morgan fingerprint density at radius 3 is 2.39 bits per heavy atom. The molecule has 7 nitrogen and oxygen atoms in total. The lowest BCUT2D eigenvalue weighted by Crippen LogP contribution is -2.29. The molecule has 1 fully saturated rings. The predicted molar refractivity (Wildman–Crippen MR) is 145 cm³/mol. The zero-order valence-electron chi connectivity index (χ0n) is 19.8. The molecule has 5 rings (SSSR count). The van der Waals surface area contributed by atoms with E-state index in [-0.39, 0.29) is 22.3 Å². The first-order valence-electron chi connectivity index (χ1n) is 11.3. The Bertz CT molecular complexity index is 1520. The standard InChI is InChI=1S/C27H19ClFN3O4S2/c1-36-20-12-6-17(7-13-20)23(33)21-22(16-4-8-18(28)9-5-16)32(25(35)24(21)34)26-30-31-27(38-26)37-14-15-2-10-19(29)11-3-15/h2-13,22,33H,14H2,1H3/t22-/m1/s1. The van der Waals surface area contributed by atoms with Crippen LogP contribution in [0.5, 0.6) is 5.75 Å². The number of hydrogen-bond acceptors (Lipinski definition) is 8. The highest BCUT2D eigenvalue weighted by atomic mass is 35.5. The molecular formula is C27H19ClFN3O4S2. The van der Waals surface area contributed by atoms with Crippen LogP contribution in [0.1, 0.15) is 22.7 Å². The molecule has 1 saturated heterocycles. The molecule has 0 spiro atoms. The number of halogens is 2. The average Bonchev–Trinajstić information content (AvgIpc) is 3.50. The predicted octanol–water partition coefficient (Wildman–Crippen LogP) is 6.26. The van der Waals surface area contributed by atoms with E-state index in [1.807, 2.05) is 0 Å². The summed E-state index contributed by atoms with van der Waals surface area (Å²) in [5.41, 5.74) is 1.75. The largest absolute Gasteiger partial charge is 0.507 e. The number of carbonyl (C=O) groups excluding carboxylic acids is 2. The Hall–Kier alpha value is -3.73. The number of nitrogens with zero attached hydrogens (tertiary/aromatic N) is 3. The molecule has 11 heteroatoms. The first-order chi connectivity index (χ1) is 18.4. The van der Waals surface area contributed by atoms with E-state index in [0.717, 1.165) is 16.9 Å². The summed E-state index contributed by atoms with van der Waals surface area (Å²) in [5, 5.41) is 20.3. The van der Waals surface area contributed by atoms with Gasteiger partial charge in [0.2, 0.25) is 5.13 Å². The number of aromatic nitrogens is 2. The van der Waals surface area contributed by atoms with E-state index < -0.39 is 17.7 Å². The number of amides is 1. The zero-order chi connectivity index (χ0) is 26.8. The highest BCUT2D eigenvalue weighted by Gasteiger charge is 2.48. The second-order valence-electron chi connectivity index (χ2n) is 8.21. The van der Waals surface area contributed by atoms with Crippen molar-refractivity contribution in [3.05, 3.63) is 106 Å². The van der Waals surface area contributed by atoms with Gasteiger partial charge in [-0.05, 0) is 59.7 Å². The van der Waals surface area contributed by atoms with Crippen LogP contribution in [-0.4, -0.2) is 34.1 Å². The molecule has 2 heterocycles. The molecule has 192 valence electrons.